The van der Waals surface area contributed by atoms with E-state index in [4.69, 9.17) is 5.21 Å². The summed E-state index contributed by atoms with van der Waals surface area (Å²) in [6.07, 6.45) is 9.82. The minimum absolute atomic E-state index is 0.539. The smallest absolute Gasteiger partial charge is 0.103 e. The first-order valence-corrected chi connectivity index (χ1v) is 5.26. The third-order valence-corrected chi connectivity index (χ3v) is 2.31. The van der Waals surface area contributed by atoms with Crippen molar-refractivity contribution in [2.24, 2.45) is 5.16 Å². The Bertz CT molecular complexity index is 482. The molecule has 0 saturated heterocycles. The summed E-state index contributed by atoms with van der Waals surface area (Å²) >= 11 is 0. The molecule has 0 radical (unpaired) electrons. The fourth-order valence-electron chi connectivity index (χ4n) is 1.44. The van der Waals surface area contributed by atoms with Gasteiger partial charge in [-0.3, -0.25) is 15.0 Å². The van der Waals surface area contributed by atoms with Gasteiger partial charge in [0.05, 0.1) is 18.1 Å². The van der Waals surface area contributed by atoms with Gasteiger partial charge in [0.2, 0.25) is 0 Å². The molecule has 5 nitrogen and oxygen atoms in total. The first-order chi connectivity index (χ1) is 8.38. The van der Waals surface area contributed by atoms with Gasteiger partial charge in [0.15, 0.2) is 0 Å². The normalized spacial score (nSPS) is 10.8. The van der Waals surface area contributed by atoms with Crippen molar-refractivity contribution < 1.29 is 5.21 Å². The van der Waals surface area contributed by atoms with Crippen molar-refractivity contribution in [3.05, 3.63) is 53.9 Å². The zero-order valence-electron chi connectivity index (χ0n) is 9.19. The molecule has 0 fully saturated rings. The van der Waals surface area contributed by atoms with Crippen LogP contribution in [-0.4, -0.2) is 26.4 Å². The first-order valence-electron chi connectivity index (χ1n) is 5.26. The molecule has 0 aliphatic carbocycles. The number of hydrogen-bond donors (Lipinski definition) is 1. The number of nitrogens with zero attached hydrogens (tertiary/aromatic N) is 4. The average Bonchev–Trinajstić information content (AvgIpc) is 2.40. The maximum atomic E-state index is 8.34. The largest absolute Gasteiger partial charge is 0.411 e. The van der Waals surface area contributed by atoms with Gasteiger partial charge >= 0.3 is 0 Å². The molecule has 0 aromatic carbocycles. The molecule has 86 valence electrons. The third kappa shape index (κ3) is 3.34. The Morgan fingerprint density at radius 3 is 2.76 bits per heavy atom. The van der Waals surface area contributed by atoms with Gasteiger partial charge in [-0.25, -0.2) is 0 Å². The Morgan fingerprint density at radius 1 is 1.18 bits per heavy atom. The Balaban J connectivity index is 1.95. The highest BCUT2D eigenvalue weighted by Gasteiger charge is 1.98. The fourth-order valence-corrected chi connectivity index (χ4v) is 1.44. The molecule has 0 bridgehead atoms. The zero-order valence-corrected chi connectivity index (χ0v) is 9.19. The van der Waals surface area contributed by atoms with Crippen molar-refractivity contribution >= 4 is 6.21 Å². The summed E-state index contributed by atoms with van der Waals surface area (Å²) in [6.45, 7) is 0. The monoisotopic (exact) mass is 228 g/mol. The van der Waals surface area contributed by atoms with E-state index in [1.165, 1.54) is 11.8 Å². The number of oxime groups is 1. The second kappa shape index (κ2) is 5.69. The lowest BCUT2D eigenvalue weighted by atomic mass is 10.1. The van der Waals surface area contributed by atoms with E-state index >= 15 is 0 Å². The molecule has 0 amide bonds. The molecule has 0 aliphatic heterocycles. The minimum atomic E-state index is 0.539. The van der Waals surface area contributed by atoms with Crippen LogP contribution in [-0.2, 0) is 12.8 Å². The van der Waals surface area contributed by atoms with Crippen LogP contribution < -0.4 is 0 Å². The maximum absolute atomic E-state index is 8.34. The standard InChI is InChI=1S/C12H12N4O/c17-16-9-12-8-14-11(7-15-12)4-3-10-2-1-5-13-6-10/h1-2,5-9,17H,3-4H2/b16-9+. The molecular formula is C12H12N4O. The van der Waals surface area contributed by atoms with E-state index in [2.05, 4.69) is 20.1 Å². The van der Waals surface area contributed by atoms with Gasteiger partial charge in [-0.2, -0.15) is 0 Å². The van der Waals surface area contributed by atoms with Gasteiger partial charge in [-0.05, 0) is 24.5 Å². The summed E-state index contributed by atoms with van der Waals surface area (Å²) in [5.41, 5.74) is 2.62. The van der Waals surface area contributed by atoms with E-state index in [0.717, 1.165) is 18.5 Å². The van der Waals surface area contributed by atoms with Crippen molar-refractivity contribution in [2.45, 2.75) is 12.8 Å². The molecule has 2 aromatic rings. The highest BCUT2D eigenvalue weighted by Crippen LogP contribution is 2.03. The van der Waals surface area contributed by atoms with Crippen LogP contribution in [0.5, 0.6) is 0 Å². The number of hydrogen-bond acceptors (Lipinski definition) is 5. The van der Waals surface area contributed by atoms with E-state index in [9.17, 15) is 0 Å². The molecule has 0 atom stereocenters. The number of pyridine rings is 1. The molecule has 0 aliphatic rings. The molecule has 2 aromatic heterocycles. The van der Waals surface area contributed by atoms with Gasteiger partial charge < -0.3 is 5.21 Å². The molecule has 5 heteroatoms. The Hall–Kier alpha value is -2.30. The van der Waals surface area contributed by atoms with E-state index in [0.29, 0.717) is 5.69 Å². The Morgan fingerprint density at radius 2 is 2.12 bits per heavy atom. The van der Waals surface area contributed by atoms with Crippen LogP contribution in [0.15, 0.2) is 42.1 Å². The second-order valence-electron chi connectivity index (χ2n) is 3.54. The van der Waals surface area contributed by atoms with Crippen LogP contribution in [0.1, 0.15) is 17.0 Å². The molecule has 0 unspecified atom stereocenters. The van der Waals surface area contributed by atoms with Crippen LogP contribution in [0, 0.1) is 0 Å². The average molecular weight is 228 g/mol. The summed E-state index contributed by atoms with van der Waals surface area (Å²) in [5, 5.41) is 11.2. The number of rotatable bonds is 4. The van der Waals surface area contributed by atoms with Crippen LogP contribution in [0.4, 0.5) is 0 Å². The summed E-state index contributed by atoms with van der Waals surface area (Å²) in [6, 6.07) is 3.95. The summed E-state index contributed by atoms with van der Waals surface area (Å²) < 4.78 is 0. The predicted octanol–water partition coefficient (Wildman–Crippen LogP) is 1.46. The molecule has 2 heterocycles. The third-order valence-electron chi connectivity index (χ3n) is 2.31. The van der Waals surface area contributed by atoms with Gasteiger partial charge in [0, 0.05) is 18.6 Å². The topological polar surface area (TPSA) is 71.3 Å². The molecular weight excluding hydrogens is 216 g/mol. The number of aryl methyl sites for hydroxylation is 2. The minimum Gasteiger partial charge on any atom is -0.411 e. The van der Waals surface area contributed by atoms with Crippen molar-refractivity contribution in [1.82, 2.24) is 15.0 Å². The molecule has 17 heavy (non-hydrogen) atoms. The number of aromatic nitrogens is 3. The zero-order chi connectivity index (χ0) is 11.9. The molecule has 0 spiro atoms. The second-order valence-corrected chi connectivity index (χ2v) is 3.54. The summed E-state index contributed by atoms with van der Waals surface area (Å²) in [4.78, 5) is 12.4. The lowest BCUT2D eigenvalue weighted by molar-refractivity contribution is 0.321. The lowest BCUT2D eigenvalue weighted by Crippen LogP contribution is -1.98. The molecule has 1 N–H and O–H groups in total. The van der Waals surface area contributed by atoms with E-state index < -0.39 is 0 Å². The SMILES string of the molecule is O/N=C/c1cnc(CCc2cccnc2)cn1. The first kappa shape index (κ1) is 11.2. The lowest BCUT2D eigenvalue weighted by Gasteiger charge is -2.00. The van der Waals surface area contributed by atoms with Crippen molar-refractivity contribution in [3.63, 3.8) is 0 Å². The highest BCUT2D eigenvalue weighted by molar-refractivity contribution is 5.75. The highest BCUT2D eigenvalue weighted by atomic mass is 16.4. The van der Waals surface area contributed by atoms with Gasteiger partial charge in [0.1, 0.15) is 5.69 Å². The quantitative estimate of drug-likeness (QED) is 0.488. The van der Waals surface area contributed by atoms with Crippen molar-refractivity contribution in [2.75, 3.05) is 0 Å². The van der Waals surface area contributed by atoms with Gasteiger partial charge in [0.25, 0.3) is 0 Å². The van der Waals surface area contributed by atoms with Crippen LogP contribution >= 0.6 is 0 Å². The Labute approximate surface area is 98.9 Å². The Kier molecular flexibility index (Phi) is 3.75. The van der Waals surface area contributed by atoms with Crippen LogP contribution in [0.3, 0.4) is 0 Å². The van der Waals surface area contributed by atoms with E-state index in [1.54, 1.807) is 18.6 Å². The fraction of sp³-hybridized carbons (Fsp3) is 0.167. The molecule has 0 saturated carbocycles. The van der Waals surface area contributed by atoms with Crippen molar-refractivity contribution in [3.8, 4) is 0 Å². The maximum Gasteiger partial charge on any atom is 0.103 e. The van der Waals surface area contributed by atoms with Crippen molar-refractivity contribution in [1.29, 1.82) is 0 Å². The van der Waals surface area contributed by atoms with E-state index in [-0.39, 0.29) is 0 Å². The van der Waals surface area contributed by atoms with Crippen LogP contribution in [0.25, 0.3) is 0 Å². The predicted molar refractivity (Wildman–Crippen MR) is 63.1 cm³/mol. The molecule has 2 rings (SSSR count). The van der Waals surface area contributed by atoms with Gasteiger partial charge in [-0.1, -0.05) is 11.2 Å². The van der Waals surface area contributed by atoms with Crippen LogP contribution in [0.2, 0.25) is 0 Å². The summed E-state index contributed by atoms with van der Waals surface area (Å²) in [7, 11) is 0. The summed E-state index contributed by atoms with van der Waals surface area (Å²) in [5.74, 6) is 0. The van der Waals surface area contributed by atoms with Gasteiger partial charge in [-0.15, -0.1) is 0 Å². The van der Waals surface area contributed by atoms with E-state index in [1.807, 2.05) is 18.3 Å².